The molecule has 21 nitrogen and oxygen atoms in total. The Hall–Kier alpha value is -8.22. The van der Waals surface area contributed by atoms with Gasteiger partial charge in [0.15, 0.2) is 5.78 Å². The van der Waals surface area contributed by atoms with E-state index in [0.29, 0.717) is 29.5 Å². The quantitative estimate of drug-likeness (QED) is 0.0623. The molecule has 25 heteroatoms. The molecule has 12 aliphatic rings. The number of ketones is 1. The summed E-state index contributed by atoms with van der Waals surface area (Å²) >= 11 is 10.6. The van der Waals surface area contributed by atoms with E-state index in [1.807, 2.05) is 60.1 Å². The topological polar surface area (TPSA) is 291 Å². The molecule has 105 heavy (non-hydrogen) atoms. The largest absolute Gasteiger partial charge is 0.368 e. The highest BCUT2D eigenvalue weighted by Gasteiger charge is 2.66. The van der Waals surface area contributed by atoms with E-state index < -0.39 is 11.4 Å². The number of guanidine groups is 2. The summed E-state index contributed by atoms with van der Waals surface area (Å²) in [5, 5.41) is 36.4. The number of aryl methyl sites for hydroxylation is 8. The molecule has 4 aromatic carbocycles. The second kappa shape index (κ2) is 28.5. The molecule has 6 atom stereocenters. The first-order valence-corrected chi connectivity index (χ1v) is 38.0. The van der Waals surface area contributed by atoms with Crippen molar-refractivity contribution in [2.24, 2.45) is 59.9 Å². The van der Waals surface area contributed by atoms with Crippen molar-refractivity contribution in [2.45, 2.75) is 168 Å². The van der Waals surface area contributed by atoms with Crippen LogP contribution in [0.4, 0.5) is 0 Å². The van der Waals surface area contributed by atoms with Crippen molar-refractivity contribution in [2.75, 3.05) is 21.1 Å². The van der Waals surface area contributed by atoms with Gasteiger partial charge in [-0.1, -0.05) is 105 Å². The van der Waals surface area contributed by atoms with Gasteiger partial charge in [0.2, 0.25) is 29.6 Å². The molecule has 8 aromatic rings. The molecule has 0 saturated heterocycles. The number of carbonyl (C=O) groups is 1. The Balaban J connectivity index is 0.000000114. The van der Waals surface area contributed by atoms with E-state index in [-0.39, 0.29) is 34.1 Å². The summed E-state index contributed by atoms with van der Waals surface area (Å²) in [6.45, 7) is 7.87. The second-order valence-corrected chi connectivity index (χ2v) is 32.7. The van der Waals surface area contributed by atoms with Crippen LogP contribution >= 0.6 is 60.2 Å². The number of nitrogens with zero attached hydrogens (tertiary/aromatic N) is 10. The number of terminal acetylenes is 1. The zero-order valence-electron chi connectivity index (χ0n) is 59.8. The van der Waals surface area contributed by atoms with Crippen molar-refractivity contribution >= 4 is 83.6 Å². The molecule has 0 radical (unpaired) electrons. The van der Waals surface area contributed by atoms with Crippen LogP contribution < -0.4 is 16.9 Å². The van der Waals surface area contributed by atoms with Gasteiger partial charge >= 0.3 is 0 Å². The maximum atomic E-state index is 12.9. The van der Waals surface area contributed by atoms with Crippen molar-refractivity contribution in [3.63, 3.8) is 0 Å². The lowest BCUT2D eigenvalue weighted by molar-refractivity contribution is -0.224. The number of hydroxylamine groups is 5. The summed E-state index contributed by atoms with van der Waals surface area (Å²) in [6.07, 6.45) is 26.0. The summed E-state index contributed by atoms with van der Waals surface area (Å²) in [5.41, 5.74) is 31.9. The summed E-state index contributed by atoms with van der Waals surface area (Å²) in [6, 6.07) is 25.2. The molecule has 6 N–H and O–H groups in total. The molecule has 10 aliphatic carbocycles. The fourth-order valence-electron chi connectivity index (χ4n) is 17.7. The Labute approximate surface area is 641 Å². The maximum absolute atomic E-state index is 12.9. The van der Waals surface area contributed by atoms with Gasteiger partial charge in [0.1, 0.15) is 23.0 Å². The molecule has 6 spiro atoms. The van der Waals surface area contributed by atoms with Crippen LogP contribution in [0.2, 0.25) is 0 Å². The van der Waals surface area contributed by atoms with Crippen molar-refractivity contribution in [1.82, 2.24) is 36.2 Å². The van der Waals surface area contributed by atoms with Gasteiger partial charge in [0, 0.05) is 118 Å². The molecular weight excluding hydrogens is 1550 g/mol. The fourth-order valence-corrected chi connectivity index (χ4v) is 18.8. The average molecular weight is 1630 g/mol. The number of Topliss-reactive ketones (excluding diaryl/α,β-unsaturated/α-hetero) is 1. The Kier molecular flexibility index (Phi) is 20.0. The number of carbonyl (C=O) groups excluding carboxylic acids is 1. The van der Waals surface area contributed by atoms with Crippen LogP contribution in [-0.2, 0) is 98.2 Å². The fraction of sp³-hybridized carbons (Fsp3) is 0.438. The van der Waals surface area contributed by atoms with E-state index in [0.717, 1.165) is 201 Å². The Morgan fingerprint density at radius 1 is 0.571 bits per heavy atom. The highest BCUT2D eigenvalue weighted by atomic mass is 79.9. The van der Waals surface area contributed by atoms with Crippen molar-refractivity contribution < 1.29 is 37.8 Å². The number of hydrogen-bond donors (Lipinski definition) is 4. The first kappa shape index (κ1) is 73.7. The van der Waals surface area contributed by atoms with Crippen LogP contribution in [-0.4, -0.2) is 80.5 Å². The van der Waals surface area contributed by atoms with Crippen molar-refractivity contribution in [3.05, 3.63) is 204 Å². The van der Waals surface area contributed by atoms with E-state index in [2.05, 4.69) is 152 Å². The summed E-state index contributed by atoms with van der Waals surface area (Å²) < 4.78 is 24.6. The molecule has 0 bridgehead atoms. The molecule has 20 rings (SSSR count). The van der Waals surface area contributed by atoms with Gasteiger partial charge in [-0.2, -0.15) is 10.3 Å². The first-order chi connectivity index (χ1) is 50.0. The number of aliphatic imine (C=N–C) groups is 3. The molecular formula is C80H83Br3ClN13O8. The number of nitrogens with two attached hydrogens (primary N) is 2. The molecule has 2 saturated carbocycles. The molecule has 0 amide bonds. The Bertz CT molecular complexity index is 5050. The predicted molar refractivity (Wildman–Crippen MR) is 407 cm³/mol. The monoisotopic (exact) mass is 1630 g/mol. The lowest BCUT2D eigenvalue weighted by Crippen LogP contribution is -2.47. The van der Waals surface area contributed by atoms with Gasteiger partial charge in [-0.15, -0.1) is 24.8 Å². The third-order valence-corrected chi connectivity index (χ3v) is 25.0. The standard InChI is InChI=1S/C23H24N4O2.C18H19BrN4O2.C17H14BrN3O.C16H14BrNO2.C5H6.CH5NO.ClH/c1-14-18-13-22(10-9-20(18)26-28-14)12-17-8-7-16(6-5-15-3-4-15)11-19(17)23(22)25-21(24)27(2)29-23;1-10-13-9-17(6-5-15(13)22-24-10)8-11-3-4-12(19)7-14(11)18(17)21-16(20)23(2)25-18;1-10-14-8-17(5-4-15(14)21-22-10)7-11-2-3-12(18)6-13(11)16(17)20-9-19;1-9-13-8-16(5-4-14(13)18-20-9)7-10-2-3-11(17)6-12(10)15(16)19;1-2-5-3-4-5;1-2-3;/h7-8,11,15H,3-4,9-10,12-13H2,1-2H3,(H2,24,25);3-4,7H,5-6,8-9H2,1-2H3,(H2,20,21);2-3,6H,4-5,7-8H2,1H3;2-3,6H,4-5,7-8H2,1H3;1,5H,3-4H2;2-3H,1H3;1H. The summed E-state index contributed by atoms with van der Waals surface area (Å²) in [5.74, 6) is 15.3. The number of rotatable bonds is 0. The number of benzene rings is 4. The Morgan fingerprint density at radius 2 is 0.981 bits per heavy atom. The third-order valence-electron chi connectivity index (χ3n) is 23.5. The lowest BCUT2D eigenvalue weighted by atomic mass is 9.66. The number of hydrogen-bond acceptors (Lipinski definition) is 21. The Morgan fingerprint density at radius 3 is 1.44 bits per heavy atom. The average Bonchev–Trinajstić information content (AvgIpc) is 1.54. The number of nitrogens with one attached hydrogen (secondary N) is 1. The molecule has 6 heterocycles. The maximum Gasteiger partial charge on any atom is 0.221 e. The van der Waals surface area contributed by atoms with Crippen LogP contribution in [0.15, 0.2) is 119 Å². The zero-order valence-corrected chi connectivity index (χ0v) is 65.4. The number of halogens is 4. The predicted octanol–water partition coefficient (Wildman–Crippen LogP) is 14.1. The van der Waals surface area contributed by atoms with Crippen LogP contribution in [0.3, 0.4) is 0 Å². The van der Waals surface area contributed by atoms with E-state index in [9.17, 15) is 4.79 Å². The molecule has 6 unspecified atom stereocenters. The second-order valence-electron chi connectivity index (χ2n) is 30.0. The molecule has 4 aromatic heterocycles. The SMILES string of the molecule is C#CC1CC1.CNO.Cc1onc2c1CC1(CC2)Cc2ccc(Br)cc2C12N=C(N)N(C)O2.Cc1onc2c1CC1(CC2)Cc2ccc(Br)cc2C1=NC#N.Cc1onc2c1CC1(CC2)Cc2ccc(Br)cc2C1=O.Cc1onc2c1CC1(CC2)Cc2ccc(C#CC3CC3)cc2C12N=C(N)N(C)O2.Cl. The normalized spacial score (nSPS) is 26.2. The van der Waals surface area contributed by atoms with Crippen LogP contribution in [0.5, 0.6) is 0 Å². The number of aromatic nitrogens is 4. The lowest BCUT2D eigenvalue weighted by Gasteiger charge is -2.42. The number of nitriles is 1. The first-order valence-electron chi connectivity index (χ1n) is 35.6. The van der Waals surface area contributed by atoms with Crippen molar-refractivity contribution in [3.8, 4) is 30.4 Å². The van der Waals surface area contributed by atoms with Crippen molar-refractivity contribution in [1.29, 1.82) is 5.26 Å². The van der Waals surface area contributed by atoms with E-state index in [1.54, 1.807) is 15.6 Å². The van der Waals surface area contributed by atoms with E-state index in [1.165, 1.54) is 71.7 Å². The van der Waals surface area contributed by atoms with Gasteiger partial charge in [-0.25, -0.2) is 35.3 Å². The highest BCUT2D eigenvalue weighted by molar-refractivity contribution is 9.11. The minimum Gasteiger partial charge on any atom is -0.368 e. The summed E-state index contributed by atoms with van der Waals surface area (Å²) in [4.78, 5) is 39.8. The van der Waals surface area contributed by atoms with Crippen LogP contribution in [0, 0.1) is 96.8 Å². The molecule has 544 valence electrons. The third kappa shape index (κ3) is 13.1. The smallest absolute Gasteiger partial charge is 0.221 e. The minimum atomic E-state index is -0.820. The van der Waals surface area contributed by atoms with Crippen LogP contribution in [0.1, 0.15) is 174 Å². The number of fused-ring (bicyclic) bond motifs is 12. The zero-order chi connectivity index (χ0) is 72.8. The van der Waals surface area contributed by atoms with Gasteiger partial charge in [0.25, 0.3) is 0 Å². The van der Waals surface area contributed by atoms with Crippen LogP contribution in [0.25, 0.3) is 0 Å². The summed E-state index contributed by atoms with van der Waals surface area (Å²) in [7, 11) is 5.07. The minimum absolute atomic E-state index is 0. The van der Waals surface area contributed by atoms with Gasteiger partial charge in [-0.3, -0.25) is 4.79 Å². The van der Waals surface area contributed by atoms with Gasteiger partial charge in [0.05, 0.1) is 28.5 Å². The van der Waals surface area contributed by atoms with Gasteiger partial charge < -0.3 is 34.8 Å². The molecule has 2 aliphatic heterocycles. The molecule has 2 fully saturated rings. The highest BCUT2D eigenvalue weighted by Crippen LogP contribution is 2.63. The van der Waals surface area contributed by atoms with E-state index in [4.69, 9.17) is 66.1 Å². The van der Waals surface area contributed by atoms with E-state index >= 15 is 0 Å². The van der Waals surface area contributed by atoms with Gasteiger partial charge in [-0.05, 0) is 227 Å².